The molecule has 8 heteroatoms. The molecule has 34 heavy (non-hydrogen) atoms. The molecule has 0 heterocycles. The fraction of sp³-hybridized carbons (Fsp3) is 0.692. The van der Waals surface area contributed by atoms with E-state index in [4.69, 9.17) is 13.8 Å². The van der Waals surface area contributed by atoms with Crippen LogP contribution in [0.2, 0.25) is 0 Å². The third kappa shape index (κ3) is 25.6. The summed E-state index contributed by atoms with van der Waals surface area (Å²) < 4.78 is 27.6. The van der Waals surface area contributed by atoms with Crippen molar-refractivity contribution in [2.45, 2.75) is 64.4 Å². The van der Waals surface area contributed by atoms with E-state index < -0.39 is 13.9 Å². The molecule has 0 aliphatic carbocycles. The summed E-state index contributed by atoms with van der Waals surface area (Å²) in [5, 5.41) is 9.84. The predicted octanol–water partition coefficient (Wildman–Crippen LogP) is 5.57. The highest BCUT2D eigenvalue weighted by molar-refractivity contribution is 7.47. The van der Waals surface area contributed by atoms with Crippen LogP contribution < -0.4 is 0 Å². The normalized spacial score (nSPS) is 15.8. The molecule has 0 amide bonds. The van der Waals surface area contributed by atoms with Gasteiger partial charge < -0.3 is 19.2 Å². The highest BCUT2D eigenvalue weighted by atomic mass is 31.2. The van der Waals surface area contributed by atoms with Crippen molar-refractivity contribution in [3.63, 3.8) is 0 Å². The first-order valence-corrected chi connectivity index (χ1v) is 13.9. The number of phosphoric ester groups is 1. The molecule has 0 aromatic heterocycles. The lowest BCUT2D eigenvalue weighted by molar-refractivity contribution is -0.870. The minimum absolute atomic E-state index is 0.0652. The second-order valence-corrected chi connectivity index (χ2v) is 10.6. The van der Waals surface area contributed by atoms with E-state index in [0.29, 0.717) is 17.6 Å². The number of allylic oxidation sites excluding steroid dienone is 8. The maximum absolute atomic E-state index is 11.8. The maximum atomic E-state index is 11.8. The van der Waals surface area contributed by atoms with E-state index in [9.17, 15) is 14.6 Å². The summed E-state index contributed by atoms with van der Waals surface area (Å²) >= 11 is 0. The van der Waals surface area contributed by atoms with Gasteiger partial charge in [0.2, 0.25) is 0 Å². The highest BCUT2D eigenvalue weighted by Crippen LogP contribution is 2.43. The van der Waals surface area contributed by atoms with Gasteiger partial charge in [-0.2, -0.15) is 0 Å². The molecule has 0 aromatic carbocycles. The van der Waals surface area contributed by atoms with E-state index in [2.05, 4.69) is 55.5 Å². The molecule has 0 aliphatic rings. The zero-order chi connectivity index (χ0) is 25.5. The number of aliphatic hydroxyl groups excluding tert-OH is 1. The summed E-state index contributed by atoms with van der Waals surface area (Å²) in [6.07, 6.45) is 24.8. The van der Waals surface area contributed by atoms with E-state index in [0.717, 1.165) is 51.4 Å². The van der Waals surface area contributed by atoms with E-state index >= 15 is 0 Å². The fourth-order valence-electron chi connectivity index (χ4n) is 2.66. The van der Waals surface area contributed by atoms with Crippen molar-refractivity contribution in [1.82, 2.24) is 0 Å². The van der Waals surface area contributed by atoms with Gasteiger partial charge in [0, 0.05) is 6.61 Å². The van der Waals surface area contributed by atoms with E-state index in [1.54, 1.807) is 0 Å². The Balaban J connectivity index is 3.58. The molecule has 2 N–H and O–H groups in total. The minimum atomic E-state index is -4.15. The molecule has 0 aromatic rings. The number of nitrogens with zero attached hydrogens (tertiary/aromatic N) is 1. The molecule has 0 saturated carbocycles. The molecule has 0 fully saturated rings. The van der Waals surface area contributed by atoms with Crippen LogP contribution in [0.4, 0.5) is 0 Å². The van der Waals surface area contributed by atoms with E-state index in [-0.39, 0.29) is 19.8 Å². The van der Waals surface area contributed by atoms with Crippen LogP contribution in [0.5, 0.6) is 0 Å². The van der Waals surface area contributed by atoms with Crippen LogP contribution in [0.15, 0.2) is 48.6 Å². The third-order valence-corrected chi connectivity index (χ3v) is 5.62. The number of ether oxygens (including phenoxy) is 1. The lowest BCUT2D eigenvalue weighted by Gasteiger charge is -2.24. The molecule has 198 valence electrons. The number of quaternary nitrogens is 1. The largest absolute Gasteiger partial charge is 0.472 e. The molecule has 0 bridgehead atoms. The predicted molar refractivity (Wildman–Crippen MR) is 141 cm³/mol. The third-order valence-electron chi connectivity index (χ3n) is 4.64. The summed E-state index contributed by atoms with van der Waals surface area (Å²) in [6, 6.07) is 0. The number of hydrogen-bond donors (Lipinski definition) is 2. The van der Waals surface area contributed by atoms with Crippen molar-refractivity contribution in [1.29, 1.82) is 0 Å². The molecule has 0 rings (SSSR count). The van der Waals surface area contributed by atoms with Gasteiger partial charge in [-0.15, -0.1) is 0 Å². The number of aliphatic hydroxyl groups is 1. The Hall–Kier alpha value is -1.05. The maximum Gasteiger partial charge on any atom is 0.472 e. The Morgan fingerprint density at radius 1 is 0.794 bits per heavy atom. The Morgan fingerprint density at radius 2 is 1.38 bits per heavy atom. The monoisotopic (exact) mass is 502 g/mol. The van der Waals surface area contributed by atoms with Crippen molar-refractivity contribution in [2.24, 2.45) is 0 Å². The van der Waals surface area contributed by atoms with Crippen molar-refractivity contribution in [3.05, 3.63) is 48.6 Å². The zero-order valence-corrected chi connectivity index (χ0v) is 22.7. The van der Waals surface area contributed by atoms with Crippen LogP contribution in [-0.2, 0) is 18.3 Å². The average molecular weight is 503 g/mol. The average Bonchev–Trinajstić information content (AvgIpc) is 2.76. The Bertz CT molecular complexity index is 640. The van der Waals surface area contributed by atoms with Gasteiger partial charge in [-0.1, -0.05) is 62.0 Å². The van der Waals surface area contributed by atoms with Gasteiger partial charge in [-0.25, -0.2) is 4.57 Å². The van der Waals surface area contributed by atoms with Gasteiger partial charge >= 0.3 is 7.82 Å². The second kappa shape index (κ2) is 21.3. The van der Waals surface area contributed by atoms with Gasteiger partial charge in [-0.05, 0) is 44.9 Å². The quantitative estimate of drug-likeness (QED) is 0.0871. The number of unbranched alkanes of at least 4 members (excludes halogenated alkanes) is 3. The molecule has 2 atom stereocenters. The van der Waals surface area contributed by atoms with Crippen LogP contribution in [0.25, 0.3) is 0 Å². The van der Waals surface area contributed by atoms with Crippen LogP contribution in [0, 0.1) is 0 Å². The number of phosphoric acid groups is 1. The van der Waals surface area contributed by atoms with Gasteiger partial charge in [-0.3, -0.25) is 9.05 Å². The first-order chi connectivity index (χ1) is 16.2. The Labute approximate surface area is 208 Å². The van der Waals surface area contributed by atoms with Crippen molar-refractivity contribution in [2.75, 3.05) is 54.1 Å². The molecule has 7 nitrogen and oxygen atoms in total. The first kappa shape index (κ1) is 33.0. The van der Waals surface area contributed by atoms with Crippen molar-refractivity contribution < 1.29 is 32.8 Å². The van der Waals surface area contributed by atoms with Crippen LogP contribution in [0.1, 0.15) is 58.3 Å². The Kier molecular flexibility index (Phi) is 20.6. The summed E-state index contributed by atoms with van der Waals surface area (Å²) in [5.74, 6) is 0. The van der Waals surface area contributed by atoms with Crippen LogP contribution >= 0.6 is 7.82 Å². The van der Waals surface area contributed by atoms with Gasteiger partial charge in [0.25, 0.3) is 0 Å². The topological polar surface area (TPSA) is 85.2 Å². The van der Waals surface area contributed by atoms with E-state index in [1.165, 1.54) is 0 Å². The zero-order valence-electron chi connectivity index (χ0n) is 21.8. The smallest absolute Gasteiger partial charge is 0.388 e. The van der Waals surface area contributed by atoms with Crippen LogP contribution in [0.3, 0.4) is 0 Å². The lowest BCUT2D eigenvalue weighted by Crippen LogP contribution is -2.37. The molecule has 2 unspecified atom stereocenters. The summed E-state index contributed by atoms with van der Waals surface area (Å²) in [5.41, 5.74) is 0. The number of likely N-dealkylation sites (N-methyl/N-ethyl adjacent to an activating group) is 1. The number of rotatable bonds is 22. The van der Waals surface area contributed by atoms with Crippen LogP contribution in [-0.4, -0.2) is 74.7 Å². The molecule has 0 radical (unpaired) electrons. The number of hydrogen-bond acceptors (Lipinski definition) is 5. The fourth-order valence-corrected chi connectivity index (χ4v) is 3.40. The molecule has 0 spiro atoms. The molecular weight excluding hydrogens is 453 g/mol. The summed E-state index contributed by atoms with van der Waals surface area (Å²) in [6.45, 7) is 3.12. The Morgan fingerprint density at radius 3 is 1.97 bits per heavy atom. The van der Waals surface area contributed by atoms with Gasteiger partial charge in [0.1, 0.15) is 19.3 Å². The molecule has 0 saturated heterocycles. The second-order valence-electron chi connectivity index (χ2n) is 9.19. The van der Waals surface area contributed by atoms with Gasteiger partial charge in [0.05, 0.1) is 34.4 Å². The van der Waals surface area contributed by atoms with Crippen molar-refractivity contribution >= 4 is 7.82 Å². The summed E-state index contributed by atoms with van der Waals surface area (Å²) in [4.78, 5) is 9.63. The van der Waals surface area contributed by atoms with E-state index in [1.807, 2.05) is 21.1 Å². The van der Waals surface area contributed by atoms with Crippen molar-refractivity contribution in [3.8, 4) is 0 Å². The lowest BCUT2D eigenvalue weighted by atomic mass is 10.2. The molecular formula is C26H49NO6P+. The minimum Gasteiger partial charge on any atom is -0.388 e. The first-order valence-electron chi connectivity index (χ1n) is 12.4. The standard InChI is InChI=1S/C26H48NO6P/c1-5-6-7-8-9-10-11-12-13-14-15-16-17-18-19-20-22-31-24-26(28)25-33-34(29,30)32-23-21-27(2,3)4/h6-7,9-10,12-13,15-16,26,28H,5,8,11,14,17-25H2,1-4H3/p+1/b7-6-,10-9-,13-12-,16-15-. The van der Waals surface area contributed by atoms with Gasteiger partial charge in [0.15, 0.2) is 0 Å². The highest BCUT2D eigenvalue weighted by Gasteiger charge is 2.24. The molecule has 0 aliphatic heterocycles. The SMILES string of the molecule is CC/C=C\C/C=C\C/C=C\C/C=C\CCCCCOCC(O)COP(=O)(O)OCC[N+](C)(C)C. The summed E-state index contributed by atoms with van der Waals surface area (Å²) in [7, 11) is 1.72.